The molecule has 0 saturated carbocycles. The van der Waals surface area contributed by atoms with Crippen molar-refractivity contribution in [1.82, 2.24) is 4.90 Å². The van der Waals surface area contributed by atoms with Crippen LogP contribution in [-0.4, -0.2) is 48.4 Å². The minimum atomic E-state index is -0.977. The summed E-state index contributed by atoms with van der Waals surface area (Å²) in [6, 6.07) is 2.53. The lowest BCUT2D eigenvalue weighted by Gasteiger charge is -2.31. The smallest absolute Gasteiger partial charge is 0.407 e. The molecule has 1 aromatic rings. The van der Waals surface area contributed by atoms with E-state index in [0.717, 1.165) is 0 Å². The normalized spacial score (nSPS) is 18.9. The van der Waals surface area contributed by atoms with Crippen LogP contribution in [-0.2, 0) is 4.74 Å². The van der Waals surface area contributed by atoms with E-state index in [1.807, 2.05) is 0 Å². The topological polar surface area (TPSA) is 87.8 Å². The van der Waals surface area contributed by atoms with Gasteiger partial charge in [-0.25, -0.2) is 9.18 Å². The summed E-state index contributed by atoms with van der Waals surface area (Å²) < 4.78 is 18.8. The first kappa shape index (κ1) is 14.7. The van der Waals surface area contributed by atoms with Crippen LogP contribution in [0.4, 0.5) is 20.6 Å². The van der Waals surface area contributed by atoms with Crippen LogP contribution < -0.4 is 11.1 Å². The van der Waals surface area contributed by atoms with Crippen molar-refractivity contribution in [1.29, 1.82) is 0 Å². The third kappa shape index (κ3) is 3.43. The van der Waals surface area contributed by atoms with Crippen LogP contribution in [0.25, 0.3) is 0 Å². The van der Waals surface area contributed by atoms with Crippen LogP contribution in [0.15, 0.2) is 12.1 Å². The van der Waals surface area contributed by atoms with Gasteiger partial charge < -0.3 is 25.8 Å². The Labute approximate surface area is 120 Å². The van der Waals surface area contributed by atoms with E-state index >= 15 is 0 Å². The number of carbonyl (C=O) groups is 1. The van der Waals surface area contributed by atoms with Gasteiger partial charge in [-0.2, -0.15) is 0 Å². The van der Waals surface area contributed by atoms with Gasteiger partial charge in [-0.1, -0.05) is 11.6 Å². The molecular weight excluding hydrogens is 289 g/mol. The highest BCUT2D eigenvalue weighted by Gasteiger charge is 2.23. The summed E-state index contributed by atoms with van der Waals surface area (Å²) in [7, 11) is 0. The maximum atomic E-state index is 13.3. The van der Waals surface area contributed by atoms with Gasteiger partial charge in [0.05, 0.1) is 35.7 Å². The van der Waals surface area contributed by atoms with Gasteiger partial charge in [0.2, 0.25) is 0 Å². The number of anilines is 2. The number of nitrogen functional groups attached to an aromatic ring is 1. The van der Waals surface area contributed by atoms with Crippen LogP contribution in [0.2, 0.25) is 5.02 Å². The van der Waals surface area contributed by atoms with E-state index in [-0.39, 0.29) is 17.7 Å². The molecule has 1 fully saturated rings. The van der Waals surface area contributed by atoms with E-state index in [0.29, 0.717) is 31.1 Å². The highest BCUT2D eigenvalue weighted by Crippen LogP contribution is 2.26. The molecule has 1 atom stereocenters. The highest BCUT2D eigenvalue weighted by atomic mass is 35.5. The number of morpholine rings is 1. The Morgan fingerprint density at radius 2 is 2.40 bits per heavy atom. The first-order valence-electron chi connectivity index (χ1n) is 6.05. The predicted octanol–water partition coefficient (Wildman–Crippen LogP) is 1.85. The number of amides is 1. The number of nitrogens with two attached hydrogens (primary N) is 1. The Bertz CT molecular complexity index is 515. The fraction of sp³-hybridized carbons (Fsp3) is 0.417. The van der Waals surface area contributed by atoms with Crippen molar-refractivity contribution < 1.29 is 19.0 Å². The van der Waals surface area contributed by atoms with Gasteiger partial charge in [-0.05, 0) is 6.07 Å². The first-order chi connectivity index (χ1) is 9.47. The van der Waals surface area contributed by atoms with Crippen LogP contribution in [0.3, 0.4) is 0 Å². The summed E-state index contributed by atoms with van der Waals surface area (Å²) in [6.07, 6.45) is -1.28. The largest absolute Gasteiger partial charge is 0.465 e. The predicted molar refractivity (Wildman–Crippen MR) is 73.6 cm³/mol. The average Bonchev–Trinajstić information content (AvgIpc) is 2.41. The van der Waals surface area contributed by atoms with Gasteiger partial charge >= 0.3 is 6.09 Å². The summed E-state index contributed by atoms with van der Waals surface area (Å²) >= 11 is 5.61. The van der Waals surface area contributed by atoms with Gasteiger partial charge in [0.15, 0.2) is 0 Å². The van der Waals surface area contributed by atoms with Crippen molar-refractivity contribution in [2.24, 2.45) is 0 Å². The fourth-order valence-electron chi connectivity index (χ4n) is 1.96. The number of ether oxygens (including phenoxy) is 1. The number of halogens is 2. The van der Waals surface area contributed by atoms with E-state index in [2.05, 4.69) is 5.32 Å². The molecule has 1 aliphatic heterocycles. The third-order valence-corrected chi connectivity index (χ3v) is 3.31. The molecule has 4 N–H and O–H groups in total. The van der Waals surface area contributed by atoms with Gasteiger partial charge in [-0.3, -0.25) is 0 Å². The number of rotatable bonds is 3. The second kappa shape index (κ2) is 6.15. The van der Waals surface area contributed by atoms with Gasteiger partial charge in [0.25, 0.3) is 0 Å². The summed E-state index contributed by atoms with van der Waals surface area (Å²) in [4.78, 5) is 12.2. The monoisotopic (exact) mass is 303 g/mol. The molecule has 2 rings (SSSR count). The second-order valence-electron chi connectivity index (χ2n) is 4.46. The van der Waals surface area contributed by atoms with Crippen molar-refractivity contribution in [3.63, 3.8) is 0 Å². The van der Waals surface area contributed by atoms with Crippen LogP contribution >= 0.6 is 11.6 Å². The Kier molecular flexibility index (Phi) is 4.51. The molecule has 0 bridgehead atoms. The Morgan fingerprint density at radius 1 is 1.65 bits per heavy atom. The molecule has 1 amide bonds. The van der Waals surface area contributed by atoms with Crippen molar-refractivity contribution in [3.8, 4) is 0 Å². The van der Waals surface area contributed by atoms with Crippen LogP contribution in [0, 0.1) is 5.82 Å². The molecule has 1 unspecified atom stereocenters. The molecule has 8 heteroatoms. The molecule has 1 saturated heterocycles. The van der Waals surface area contributed by atoms with E-state index in [4.69, 9.17) is 27.2 Å². The molecule has 0 aliphatic carbocycles. The number of nitrogens with zero attached hydrogens (tertiary/aromatic N) is 1. The van der Waals surface area contributed by atoms with Crippen molar-refractivity contribution >= 4 is 29.1 Å². The number of nitrogens with one attached hydrogen (secondary N) is 1. The van der Waals surface area contributed by atoms with E-state index in [9.17, 15) is 9.18 Å². The van der Waals surface area contributed by atoms with Crippen molar-refractivity contribution in [2.45, 2.75) is 6.10 Å². The fourth-order valence-corrected chi connectivity index (χ4v) is 2.13. The summed E-state index contributed by atoms with van der Waals surface area (Å²) in [5.74, 6) is -0.569. The minimum Gasteiger partial charge on any atom is -0.465 e. The number of hydrogen-bond acceptors (Lipinski definition) is 4. The molecule has 1 aliphatic rings. The van der Waals surface area contributed by atoms with E-state index in [1.165, 1.54) is 17.0 Å². The number of benzene rings is 1. The molecule has 0 radical (unpaired) electrons. The average molecular weight is 304 g/mol. The molecule has 0 aromatic heterocycles. The van der Waals surface area contributed by atoms with Crippen molar-refractivity contribution in [2.75, 3.05) is 37.3 Å². The maximum Gasteiger partial charge on any atom is 0.407 e. The zero-order valence-electron chi connectivity index (χ0n) is 10.6. The molecule has 6 nitrogen and oxygen atoms in total. The maximum absolute atomic E-state index is 13.3. The molecule has 0 spiro atoms. The van der Waals surface area contributed by atoms with Crippen molar-refractivity contribution in [3.05, 3.63) is 23.0 Å². The summed E-state index contributed by atoms with van der Waals surface area (Å²) in [5.41, 5.74) is 6.45. The zero-order valence-corrected chi connectivity index (χ0v) is 11.4. The summed E-state index contributed by atoms with van der Waals surface area (Å²) in [6.45, 7) is 1.28. The molecule has 20 heavy (non-hydrogen) atoms. The third-order valence-electron chi connectivity index (χ3n) is 3.02. The number of hydrogen-bond donors (Lipinski definition) is 3. The lowest BCUT2D eigenvalue weighted by Crippen LogP contribution is -2.47. The Balaban J connectivity index is 1.95. The molecular formula is C12H15ClFN3O3. The second-order valence-corrected chi connectivity index (χ2v) is 4.86. The first-order valence-corrected chi connectivity index (χ1v) is 6.43. The summed E-state index contributed by atoms with van der Waals surface area (Å²) in [5, 5.41) is 11.8. The Hall–Kier alpha value is -1.73. The standard InChI is InChI=1S/C12H15ClFN3O3/c13-8-3-10(15)11(4-9(8)14)16-5-7-6-17(12(18)19)1-2-20-7/h3-4,7,16H,1-2,5-6,15H2,(H,18,19). The van der Waals surface area contributed by atoms with Crippen LogP contribution in [0.1, 0.15) is 0 Å². The van der Waals surface area contributed by atoms with Gasteiger partial charge in [-0.15, -0.1) is 0 Å². The molecule has 1 heterocycles. The SMILES string of the molecule is Nc1cc(Cl)c(F)cc1NCC1CN(C(=O)O)CCO1. The zero-order chi connectivity index (χ0) is 14.7. The van der Waals surface area contributed by atoms with Gasteiger partial charge in [0, 0.05) is 19.2 Å². The van der Waals surface area contributed by atoms with E-state index < -0.39 is 11.9 Å². The quantitative estimate of drug-likeness (QED) is 0.742. The molecule has 1 aromatic carbocycles. The van der Waals surface area contributed by atoms with E-state index in [1.54, 1.807) is 0 Å². The van der Waals surface area contributed by atoms with Crippen LogP contribution in [0.5, 0.6) is 0 Å². The Morgan fingerprint density at radius 3 is 3.10 bits per heavy atom. The lowest BCUT2D eigenvalue weighted by atomic mass is 10.2. The molecule has 110 valence electrons. The minimum absolute atomic E-state index is 0.0426. The number of carboxylic acid groups (broad SMARTS) is 1. The van der Waals surface area contributed by atoms with Gasteiger partial charge in [0.1, 0.15) is 5.82 Å². The highest BCUT2D eigenvalue weighted by molar-refractivity contribution is 6.31. The lowest BCUT2D eigenvalue weighted by molar-refractivity contribution is -0.0147.